The zero-order valence-electron chi connectivity index (χ0n) is 14.5. The molecule has 0 saturated heterocycles. The molecule has 0 bridgehead atoms. The summed E-state index contributed by atoms with van der Waals surface area (Å²) >= 11 is 0. The molecule has 0 aliphatic carbocycles. The number of hydrogen-bond donors (Lipinski definition) is 2. The van der Waals surface area contributed by atoms with Gasteiger partial charge in [-0.25, -0.2) is 0 Å². The second-order valence-electron chi connectivity index (χ2n) is 6.16. The highest BCUT2D eigenvalue weighted by molar-refractivity contribution is 5.99. The molecular weight excluding hydrogens is 306 g/mol. The summed E-state index contributed by atoms with van der Waals surface area (Å²) in [6.45, 7) is 4.82. The van der Waals surface area contributed by atoms with Crippen molar-refractivity contribution < 1.29 is 14.3 Å². The van der Waals surface area contributed by atoms with Crippen LogP contribution in [0.5, 0.6) is 5.75 Å². The lowest BCUT2D eigenvalue weighted by Crippen LogP contribution is -2.41. The minimum Gasteiger partial charge on any atom is -0.478 e. The van der Waals surface area contributed by atoms with Crippen molar-refractivity contribution in [2.75, 3.05) is 32.0 Å². The molecule has 0 unspecified atom stereocenters. The Morgan fingerprint density at radius 3 is 2.83 bits per heavy atom. The van der Waals surface area contributed by atoms with Gasteiger partial charge >= 0.3 is 0 Å². The molecule has 2 amide bonds. The van der Waals surface area contributed by atoms with Crippen molar-refractivity contribution in [1.82, 2.24) is 10.2 Å². The van der Waals surface area contributed by atoms with Gasteiger partial charge in [0.2, 0.25) is 5.91 Å². The van der Waals surface area contributed by atoms with E-state index in [1.165, 1.54) is 12.8 Å². The SMILES string of the molecule is CCCCN(C)CCCNC(=O)C[C@H]1Oc2ccccc2NC1=O. The van der Waals surface area contributed by atoms with Crippen LogP contribution in [0.4, 0.5) is 5.69 Å². The monoisotopic (exact) mass is 333 g/mol. The number of amides is 2. The van der Waals surface area contributed by atoms with Crippen LogP contribution < -0.4 is 15.4 Å². The van der Waals surface area contributed by atoms with E-state index in [0.717, 1.165) is 19.5 Å². The highest BCUT2D eigenvalue weighted by Crippen LogP contribution is 2.29. The van der Waals surface area contributed by atoms with Crippen LogP contribution in [0, 0.1) is 0 Å². The van der Waals surface area contributed by atoms with E-state index in [1.807, 2.05) is 12.1 Å². The molecule has 1 atom stereocenters. The quantitative estimate of drug-likeness (QED) is 0.678. The summed E-state index contributed by atoms with van der Waals surface area (Å²) in [5, 5.41) is 5.63. The predicted molar refractivity (Wildman–Crippen MR) is 94.1 cm³/mol. The Morgan fingerprint density at radius 1 is 1.29 bits per heavy atom. The van der Waals surface area contributed by atoms with Crippen molar-refractivity contribution in [3.05, 3.63) is 24.3 Å². The zero-order valence-corrected chi connectivity index (χ0v) is 14.5. The number of nitrogens with zero attached hydrogens (tertiary/aromatic N) is 1. The Labute approximate surface area is 143 Å². The Kier molecular flexibility index (Phi) is 7.06. The summed E-state index contributed by atoms with van der Waals surface area (Å²) in [6, 6.07) is 7.22. The highest BCUT2D eigenvalue weighted by atomic mass is 16.5. The normalized spacial score (nSPS) is 16.3. The van der Waals surface area contributed by atoms with Crippen LogP contribution in [0.3, 0.4) is 0 Å². The lowest BCUT2D eigenvalue weighted by atomic mass is 10.1. The van der Waals surface area contributed by atoms with Gasteiger partial charge in [0, 0.05) is 6.54 Å². The topological polar surface area (TPSA) is 70.7 Å². The second-order valence-corrected chi connectivity index (χ2v) is 6.16. The third-order valence-corrected chi connectivity index (χ3v) is 4.01. The zero-order chi connectivity index (χ0) is 17.4. The second kappa shape index (κ2) is 9.27. The lowest BCUT2D eigenvalue weighted by molar-refractivity contribution is -0.130. The van der Waals surface area contributed by atoms with Gasteiger partial charge in [-0.1, -0.05) is 25.5 Å². The molecule has 0 saturated carbocycles. The number of nitrogens with one attached hydrogen (secondary N) is 2. The highest BCUT2D eigenvalue weighted by Gasteiger charge is 2.29. The maximum Gasteiger partial charge on any atom is 0.266 e. The lowest BCUT2D eigenvalue weighted by Gasteiger charge is -2.25. The number of ether oxygens (including phenoxy) is 1. The molecule has 1 aromatic carbocycles. The maximum absolute atomic E-state index is 12.0. The third kappa shape index (κ3) is 5.53. The first-order chi connectivity index (χ1) is 11.6. The van der Waals surface area contributed by atoms with Gasteiger partial charge in [-0.15, -0.1) is 0 Å². The van der Waals surface area contributed by atoms with Crippen molar-refractivity contribution in [2.24, 2.45) is 0 Å². The van der Waals surface area contributed by atoms with Crippen LogP contribution in [0.2, 0.25) is 0 Å². The molecule has 132 valence electrons. The number of carbonyl (C=O) groups excluding carboxylic acids is 2. The van der Waals surface area contributed by atoms with Crippen LogP contribution in [0.15, 0.2) is 24.3 Å². The van der Waals surface area contributed by atoms with Crippen LogP contribution in [0.25, 0.3) is 0 Å². The first-order valence-electron chi connectivity index (χ1n) is 8.62. The summed E-state index contributed by atoms with van der Waals surface area (Å²) in [4.78, 5) is 26.3. The molecule has 0 fully saturated rings. The molecule has 6 heteroatoms. The molecule has 2 rings (SSSR count). The third-order valence-electron chi connectivity index (χ3n) is 4.01. The number of fused-ring (bicyclic) bond motifs is 1. The molecule has 1 aliphatic heterocycles. The molecular formula is C18H27N3O3. The summed E-state index contributed by atoms with van der Waals surface area (Å²) in [7, 11) is 2.09. The van der Waals surface area contributed by atoms with Gasteiger partial charge in [-0.05, 0) is 45.1 Å². The Bertz CT molecular complexity index is 562. The van der Waals surface area contributed by atoms with Crippen molar-refractivity contribution in [2.45, 2.75) is 38.7 Å². The molecule has 0 aromatic heterocycles. The van der Waals surface area contributed by atoms with E-state index >= 15 is 0 Å². The predicted octanol–water partition coefficient (Wildman–Crippen LogP) is 2.01. The summed E-state index contributed by atoms with van der Waals surface area (Å²) in [5.74, 6) is 0.168. The minimum atomic E-state index is -0.771. The standard InChI is InChI=1S/C18H27N3O3/c1-3-4-11-21(2)12-7-10-19-17(22)13-16-18(23)20-14-8-5-6-9-15(14)24-16/h5-6,8-9,16H,3-4,7,10-13H2,1-2H3,(H,19,22)(H,20,23)/t16-/m1/s1. The fraction of sp³-hybridized carbons (Fsp3) is 0.556. The first kappa shape index (κ1) is 18.3. The van der Waals surface area contributed by atoms with Gasteiger partial charge in [0.1, 0.15) is 5.75 Å². The van der Waals surface area contributed by atoms with Gasteiger partial charge < -0.3 is 20.3 Å². The smallest absolute Gasteiger partial charge is 0.266 e. The van der Waals surface area contributed by atoms with E-state index in [2.05, 4.69) is 29.5 Å². The summed E-state index contributed by atoms with van der Waals surface area (Å²) < 4.78 is 5.62. The van der Waals surface area contributed by atoms with Crippen LogP contribution in [0.1, 0.15) is 32.6 Å². The summed E-state index contributed by atoms with van der Waals surface area (Å²) in [5.41, 5.74) is 0.647. The number of rotatable bonds is 9. The average Bonchev–Trinajstić information content (AvgIpc) is 2.57. The molecule has 2 N–H and O–H groups in total. The van der Waals surface area contributed by atoms with Gasteiger partial charge in [0.25, 0.3) is 5.91 Å². The maximum atomic E-state index is 12.0. The number of unbranched alkanes of at least 4 members (excludes halogenated alkanes) is 1. The van der Waals surface area contributed by atoms with E-state index in [4.69, 9.17) is 4.74 Å². The molecule has 0 radical (unpaired) electrons. The molecule has 1 aliphatic rings. The van der Waals surface area contributed by atoms with E-state index in [-0.39, 0.29) is 18.2 Å². The molecule has 1 aromatic rings. The number of para-hydroxylation sites is 2. The molecule has 6 nitrogen and oxygen atoms in total. The number of anilines is 1. The van der Waals surface area contributed by atoms with Gasteiger partial charge in [-0.2, -0.15) is 0 Å². The van der Waals surface area contributed by atoms with Crippen molar-refractivity contribution >= 4 is 17.5 Å². The molecule has 0 spiro atoms. The Morgan fingerprint density at radius 2 is 2.04 bits per heavy atom. The number of hydrogen-bond acceptors (Lipinski definition) is 4. The fourth-order valence-electron chi connectivity index (χ4n) is 2.58. The van der Waals surface area contributed by atoms with E-state index in [1.54, 1.807) is 12.1 Å². The molecule has 1 heterocycles. The molecule has 24 heavy (non-hydrogen) atoms. The van der Waals surface area contributed by atoms with Crippen molar-refractivity contribution in [3.8, 4) is 5.75 Å². The van der Waals surface area contributed by atoms with Gasteiger partial charge in [0.05, 0.1) is 12.1 Å². The minimum absolute atomic E-state index is 0.0336. The Hall–Kier alpha value is -2.08. The first-order valence-corrected chi connectivity index (χ1v) is 8.62. The number of benzene rings is 1. The van der Waals surface area contributed by atoms with E-state index in [0.29, 0.717) is 18.0 Å². The fourth-order valence-corrected chi connectivity index (χ4v) is 2.58. The van der Waals surface area contributed by atoms with Gasteiger partial charge in [-0.3, -0.25) is 9.59 Å². The van der Waals surface area contributed by atoms with Gasteiger partial charge in [0.15, 0.2) is 6.10 Å². The van der Waals surface area contributed by atoms with Crippen LogP contribution in [-0.4, -0.2) is 49.5 Å². The Balaban J connectivity index is 1.68. The average molecular weight is 333 g/mol. The largest absolute Gasteiger partial charge is 0.478 e. The van der Waals surface area contributed by atoms with Crippen LogP contribution in [-0.2, 0) is 9.59 Å². The van der Waals surface area contributed by atoms with E-state index < -0.39 is 6.10 Å². The van der Waals surface area contributed by atoms with Crippen LogP contribution >= 0.6 is 0 Å². The van der Waals surface area contributed by atoms with E-state index in [9.17, 15) is 9.59 Å². The number of carbonyl (C=O) groups is 2. The summed E-state index contributed by atoms with van der Waals surface area (Å²) in [6.07, 6.45) is 2.54. The van der Waals surface area contributed by atoms with Crippen molar-refractivity contribution in [3.63, 3.8) is 0 Å². The van der Waals surface area contributed by atoms with Crippen molar-refractivity contribution in [1.29, 1.82) is 0 Å².